The second kappa shape index (κ2) is 12.0. The third-order valence-electron chi connectivity index (χ3n) is 7.52. The summed E-state index contributed by atoms with van der Waals surface area (Å²) in [5.41, 5.74) is 2.44. The first kappa shape index (κ1) is 24.3. The standard InChI is InChI=1S/C26H42N4O3/c1-26-12-14-27-24(26)29-23-11-10-21(20-22(23)26)33-25(31)28-13-8-6-4-2-3-5-7-9-15-30-16-18-32-19-17-30/h10-11,20,24,27,29H,2-9,12-19H2,1H3,(H,28,31). The van der Waals surface area contributed by atoms with Gasteiger partial charge in [-0.15, -0.1) is 0 Å². The third-order valence-corrected chi connectivity index (χ3v) is 7.52. The Kier molecular flexibility index (Phi) is 8.87. The maximum absolute atomic E-state index is 12.2. The summed E-state index contributed by atoms with van der Waals surface area (Å²) in [4.78, 5) is 14.7. The fourth-order valence-corrected chi connectivity index (χ4v) is 5.37. The number of ether oxygens (including phenoxy) is 2. The molecular formula is C26H42N4O3. The summed E-state index contributed by atoms with van der Waals surface area (Å²) in [6.45, 7) is 9.18. The average molecular weight is 459 g/mol. The molecule has 0 bridgehead atoms. The zero-order chi connectivity index (χ0) is 22.9. The van der Waals surface area contributed by atoms with Crippen molar-refractivity contribution in [3.63, 3.8) is 0 Å². The molecule has 0 spiro atoms. The number of carbonyl (C=O) groups excluding carboxylic acids is 1. The van der Waals surface area contributed by atoms with Crippen molar-refractivity contribution in [2.24, 2.45) is 0 Å². The molecule has 0 aliphatic carbocycles. The number of benzene rings is 1. The Labute approximate surface area is 199 Å². The van der Waals surface area contributed by atoms with E-state index in [2.05, 4.69) is 27.8 Å². The van der Waals surface area contributed by atoms with E-state index < -0.39 is 0 Å². The minimum absolute atomic E-state index is 0.0634. The van der Waals surface area contributed by atoms with Crippen LogP contribution in [0.5, 0.6) is 5.75 Å². The van der Waals surface area contributed by atoms with E-state index in [4.69, 9.17) is 9.47 Å². The number of hydrogen-bond donors (Lipinski definition) is 3. The molecule has 3 aliphatic rings. The van der Waals surface area contributed by atoms with Crippen LogP contribution in [0.1, 0.15) is 70.3 Å². The van der Waals surface area contributed by atoms with Crippen LogP contribution >= 0.6 is 0 Å². The maximum Gasteiger partial charge on any atom is 0.412 e. The van der Waals surface area contributed by atoms with E-state index >= 15 is 0 Å². The van der Waals surface area contributed by atoms with Gasteiger partial charge in [0, 0.05) is 30.7 Å². The Bertz CT molecular complexity index is 768. The number of morpholine rings is 1. The van der Waals surface area contributed by atoms with Crippen LogP contribution in [0.4, 0.5) is 10.5 Å². The normalized spacial score (nSPS) is 24.2. The summed E-state index contributed by atoms with van der Waals surface area (Å²) >= 11 is 0. The van der Waals surface area contributed by atoms with Crippen LogP contribution in [0.2, 0.25) is 0 Å². The summed E-state index contributed by atoms with van der Waals surface area (Å²) in [7, 11) is 0. The van der Waals surface area contributed by atoms with E-state index in [1.54, 1.807) is 0 Å². The zero-order valence-electron chi connectivity index (χ0n) is 20.3. The van der Waals surface area contributed by atoms with Gasteiger partial charge in [-0.3, -0.25) is 10.2 Å². The van der Waals surface area contributed by atoms with Crippen LogP contribution in [0.15, 0.2) is 18.2 Å². The van der Waals surface area contributed by atoms with Crippen LogP contribution in [-0.2, 0) is 10.2 Å². The first-order valence-electron chi connectivity index (χ1n) is 13.1. The second-order valence-corrected chi connectivity index (χ2v) is 10.0. The molecular weight excluding hydrogens is 416 g/mol. The maximum atomic E-state index is 12.2. The van der Waals surface area contributed by atoms with Crippen molar-refractivity contribution < 1.29 is 14.3 Å². The number of nitrogens with one attached hydrogen (secondary N) is 3. The molecule has 33 heavy (non-hydrogen) atoms. The van der Waals surface area contributed by atoms with Crippen molar-refractivity contribution in [1.29, 1.82) is 0 Å². The number of anilines is 1. The van der Waals surface area contributed by atoms with Crippen LogP contribution in [-0.4, -0.2) is 63.1 Å². The molecule has 2 atom stereocenters. The smallest absolute Gasteiger partial charge is 0.410 e. The molecule has 1 amide bonds. The average Bonchev–Trinajstić information content (AvgIpc) is 3.32. The van der Waals surface area contributed by atoms with Gasteiger partial charge in [0.05, 0.1) is 19.4 Å². The molecule has 3 heterocycles. The lowest BCUT2D eigenvalue weighted by atomic mass is 9.81. The fraction of sp³-hybridized carbons (Fsp3) is 0.731. The molecule has 1 aromatic rings. The van der Waals surface area contributed by atoms with Crippen molar-refractivity contribution >= 4 is 11.8 Å². The molecule has 0 saturated carbocycles. The van der Waals surface area contributed by atoms with E-state index in [1.807, 2.05) is 18.2 Å². The van der Waals surface area contributed by atoms with E-state index in [1.165, 1.54) is 50.6 Å². The quantitative estimate of drug-likeness (QED) is 0.407. The number of nitrogens with zero attached hydrogens (tertiary/aromatic N) is 1. The van der Waals surface area contributed by atoms with Gasteiger partial charge in [0.1, 0.15) is 5.75 Å². The predicted octanol–water partition coefficient (Wildman–Crippen LogP) is 4.23. The van der Waals surface area contributed by atoms with Gasteiger partial charge in [0.15, 0.2) is 0 Å². The molecule has 2 unspecified atom stereocenters. The van der Waals surface area contributed by atoms with Crippen LogP contribution in [0.3, 0.4) is 0 Å². The van der Waals surface area contributed by atoms with Gasteiger partial charge in [-0.05, 0) is 56.1 Å². The fourth-order valence-electron chi connectivity index (χ4n) is 5.37. The molecule has 2 saturated heterocycles. The molecule has 7 nitrogen and oxygen atoms in total. The van der Waals surface area contributed by atoms with E-state index in [0.717, 1.165) is 57.8 Å². The van der Waals surface area contributed by atoms with Gasteiger partial charge < -0.3 is 20.1 Å². The molecule has 0 radical (unpaired) electrons. The molecule has 184 valence electrons. The molecule has 4 rings (SSSR count). The van der Waals surface area contributed by atoms with Gasteiger partial charge in [-0.2, -0.15) is 0 Å². The number of fused-ring (bicyclic) bond motifs is 3. The SMILES string of the molecule is CC12CCNC1Nc1ccc(OC(=O)NCCCCCCCCCCN3CCOCC3)cc12. The summed E-state index contributed by atoms with van der Waals surface area (Å²) in [6, 6.07) is 5.92. The van der Waals surface area contributed by atoms with Crippen LogP contribution in [0.25, 0.3) is 0 Å². The molecule has 2 fully saturated rings. The highest BCUT2D eigenvalue weighted by Gasteiger charge is 2.46. The third kappa shape index (κ3) is 6.61. The Balaban J connectivity index is 1.01. The Morgan fingerprint density at radius 2 is 1.85 bits per heavy atom. The van der Waals surface area contributed by atoms with Crippen molar-refractivity contribution in [2.45, 2.75) is 76.3 Å². The number of hydrogen-bond acceptors (Lipinski definition) is 6. The van der Waals surface area contributed by atoms with E-state index in [-0.39, 0.29) is 17.7 Å². The molecule has 3 N–H and O–H groups in total. The summed E-state index contributed by atoms with van der Waals surface area (Å²) in [5, 5.41) is 9.94. The lowest BCUT2D eigenvalue weighted by Gasteiger charge is -2.26. The van der Waals surface area contributed by atoms with Crippen LogP contribution in [0, 0.1) is 0 Å². The lowest BCUT2D eigenvalue weighted by Crippen LogP contribution is -2.38. The van der Waals surface area contributed by atoms with Gasteiger partial charge >= 0.3 is 6.09 Å². The van der Waals surface area contributed by atoms with Crippen molar-refractivity contribution in [3.05, 3.63) is 23.8 Å². The Hall–Kier alpha value is -1.83. The van der Waals surface area contributed by atoms with Crippen molar-refractivity contribution in [1.82, 2.24) is 15.5 Å². The Morgan fingerprint density at radius 1 is 1.12 bits per heavy atom. The molecule has 0 aromatic heterocycles. The zero-order valence-corrected chi connectivity index (χ0v) is 20.3. The highest BCUT2D eigenvalue weighted by molar-refractivity contribution is 5.72. The molecule has 1 aromatic carbocycles. The van der Waals surface area contributed by atoms with Crippen molar-refractivity contribution in [3.8, 4) is 5.75 Å². The topological polar surface area (TPSA) is 74.9 Å². The monoisotopic (exact) mass is 458 g/mol. The Morgan fingerprint density at radius 3 is 2.64 bits per heavy atom. The lowest BCUT2D eigenvalue weighted by molar-refractivity contribution is 0.0371. The molecule has 7 heteroatoms. The first-order valence-corrected chi connectivity index (χ1v) is 13.1. The van der Waals surface area contributed by atoms with Gasteiger partial charge in [-0.1, -0.05) is 45.4 Å². The number of carbonyl (C=O) groups is 1. The summed E-state index contributed by atoms with van der Waals surface area (Å²) in [6.07, 6.45) is 11.0. The minimum Gasteiger partial charge on any atom is -0.410 e. The largest absolute Gasteiger partial charge is 0.412 e. The molecule has 3 aliphatic heterocycles. The van der Waals surface area contributed by atoms with Crippen molar-refractivity contribution in [2.75, 3.05) is 51.3 Å². The van der Waals surface area contributed by atoms with E-state index in [0.29, 0.717) is 12.3 Å². The minimum atomic E-state index is -0.354. The van der Waals surface area contributed by atoms with Gasteiger partial charge in [0.2, 0.25) is 0 Å². The second-order valence-electron chi connectivity index (χ2n) is 10.0. The van der Waals surface area contributed by atoms with Gasteiger partial charge in [-0.25, -0.2) is 4.79 Å². The first-order chi connectivity index (χ1) is 16.1. The summed E-state index contributed by atoms with van der Waals surface area (Å²) < 4.78 is 10.9. The predicted molar refractivity (Wildman–Crippen MR) is 132 cm³/mol. The van der Waals surface area contributed by atoms with Crippen LogP contribution < -0.4 is 20.7 Å². The number of rotatable bonds is 12. The highest BCUT2D eigenvalue weighted by Crippen LogP contribution is 2.46. The summed E-state index contributed by atoms with van der Waals surface area (Å²) in [5.74, 6) is 0.621. The van der Waals surface area contributed by atoms with E-state index in [9.17, 15) is 4.79 Å². The number of unbranched alkanes of at least 4 members (excludes halogenated alkanes) is 7. The highest BCUT2D eigenvalue weighted by atomic mass is 16.6. The van der Waals surface area contributed by atoms with Gasteiger partial charge in [0.25, 0.3) is 0 Å². The number of amides is 1.